The van der Waals surface area contributed by atoms with Gasteiger partial charge in [-0.3, -0.25) is 10.1 Å². The Morgan fingerprint density at radius 3 is 2.12 bits per heavy atom. The second-order valence-electron chi connectivity index (χ2n) is 5.22. The van der Waals surface area contributed by atoms with E-state index < -0.39 is 4.92 Å². The third-order valence-corrected chi connectivity index (χ3v) is 4.22. The predicted octanol–water partition coefficient (Wildman–Crippen LogP) is 4.94. The average Bonchev–Trinajstić information content (AvgIpc) is 2.59. The highest BCUT2D eigenvalue weighted by atomic mass is 79.9. The van der Waals surface area contributed by atoms with E-state index in [0.29, 0.717) is 5.69 Å². The van der Waals surface area contributed by atoms with Crippen molar-refractivity contribution in [3.8, 4) is 0 Å². The van der Waals surface area contributed by atoms with E-state index in [0.717, 1.165) is 15.7 Å². The van der Waals surface area contributed by atoms with Gasteiger partial charge in [0, 0.05) is 10.2 Å². The lowest BCUT2D eigenvalue weighted by Gasteiger charge is -2.12. The monoisotopic (exact) mass is 399 g/mol. The first kappa shape index (κ1) is 16.8. The molecule has 25 heavy (non-hydrogen) atoms. The van der Waals surface area contributed by atoms with E-state index in [1.165, 1.54) is 6.33 Å². The molecule has 0 amide bonds. The molecule has 0 spiro atoms. The number of halogens is 1. The van der Waals surface area contributed by atoms with Gasteiger partial charge in [-0.25, -0.2) is 9.97 Å². The zero-order valence-corrected chi connectivity index (χ0v) is 14.8. The van der Waals surface area contributed by atoms with E-state index in [-0.39, 0.29) is 17.3 Å². The second-order valence-corrected chi connectivity index (χ2v) is 6.08. The lowest BCUT2D eigenvalue weighted by Crippen LogP contribution is -2.06. The quantitative estimate of drug-likeness (QED) is 0.465. The Morgan fingerprint density at radius 1 is 0.960 bits per heavy atom. The summed E-state index contributed by atoms with van der Waals surface area (Å²) in [6.07, 6.45) is 1.28. The molecule has 0 atom stereocenters. The Labute approximate surface area is 152 Å². The molecule has 2 N–H and O–H groups in total. The Balaban J connectivity index is 2.02. The fraction of sp³-hybridized carbons (Fsp3) is 0.0588. The summed E-state index contributed by atoms with van der Waals surface area (Å²) < 4.78 is 0.774. The standard InChI is InChI=1S/C17H14BrN5O2/c1-11-6-2-4-8-13(11)21-16-15(23(24)25)17(20-10-19-16)22-14-9-5-3-7-12(14)18/h2-10H,1H3,(H2,19,20,21,22). The molecule has 1 aromatic heterocycles. The zero-order chi connectivity index (χ0) is 17.8. The smallest absolute Gasteiger partial charge is 0.334 e. The van der Waals surface area contributed by atoms with Crippen molar-refractivity contribution in [2.24, 2.45) is 0 Å². The van der Waals surface area contributed by atoms with Gasteiger partial charge in [0.1, 0.15) is 6.33 Å². The topological polar surface area (TPSA) is 93.0 Å². The van der Waals surface area contributed by atoms with E-state index in [1.54, 1.807) is 6.07 Å². The van der Waals surface area contributed by atoms with Crippen LogP contribution in [0.15, 0.2) is 59.3 Å². The van der Waals surface area contributed by atoms with Crippen LogP contribution < -0.4 is 10.6 Å². The van der Waals surface area contributed by atoms with E-state index in [1.807, 2.05) is 49.4 Å². The number of nitrogens with one attached hydrogen (secondary N) is 2. The van der Waals surface area contributed by atoms with Crippen LogP contribution in [-0.4, -0.2) is 14.9 Å². The van der Waals surface area contributed by atoms with Crippen molar-refractivity contribution < 1.29 is 4.92 Å². The summed E-state index contributed by atoms with van der Waals surface area (Å²) in [4.78, 5) is 19.2. The van der Waals surface area contributed by atoms with E-state index >= 15 is 0 Å². The summed E-state index contributed by atoms with van der Waals surface area (Å²) in [6, 6.07) is 14.8. The highest BCUT2D eigenvalue weighted by molar-refractivity contribution is 9.10. The second kappa shape index (κ2) is 7.27. The first-order chi connectivity index (χ1) is 12.1. The van der Waals surface area contributed by atoms with Gasteiger partial charge in [0.15, 0.2) is 0 Å². The van der Waals surface area contributed by atoms with Crippen LogP contribution >= 0.6 is 15.9 Å². The Morgan fingerprint density at radius 2 is 1.52 bits per heavy atom. The Hall–Kier alpha value is -3.00. The third kappa shape index (κ3) is 3.74. The van der Waals surface area contributed by atoms with Crippen LogP contribution in [0.2, 0.25) is 0 Å². The summed E-state index contributed by atoms with van der Waals surface area (Å²) in [5, 5.41) is 17.6. The number of hydrogen-bond acceptors (Lipinski definition) is 6. The number of rotatable bonds is 5. The molecule has 1 heterocycles. The molecular formula is C17H14BrN5O2. The van der Waals surface area contributed by atoms with Gasteiger partial charge in [0.05, 0.1) is 10.6 Å². The maximum atomic E-state index is 11.6. The third-order valence-electron chi connectivity index (χ3n) is 3.53. The van der Waals surface area contributed by atoms with Crippen molar-refractivity contribution in [3.63, 3.8) is 0 Å². The number of benzene rings is 2. The minimum atomic E-state index is -0.500. The molecule has 0 saturated carbocycles. The SMILES string of the molecule is Cc1ccccc1Nc1ncnc(Nc2ccccc2Br)c1[N+](=O)[O-]. The van der Waals surface area contributed by atoms with Crippen LogP contribution in [0.3, 0.4) is 0 Å². The summed E-state index contributed by atoms with van der Waals surface area (Å²) in [6.45, 7) is 1.91. The van der Waals surface area contributed by atoms with Gasteiger partial charge >= 0.3 is 5.69 Å². The zero-order valence-electron chi connectivity index (χ0n) is 13.2. The van der Waals surface area contributed by atoms with Crippen LogP contribution in [0.4, 0.5) is 28.7 Å². The minimum Gasteiger partial charge on any atom is -0.334 e. The van der Waals surface area contributed by atoms with E-state index in [4.69, 9.17) is 0 Å². The highest BCUT2D eigenvalue weighted by Crippen LogP contribution is 2.35. The number of para-hydroxylation sites is 2. The number of anilines is 4. The Bertz CT molecular complexity index is 867. The fourth-order valence-corrected chi connectivity index (χ4v) is 2.65. The van der Waals surface area contributed by atoms with Crippen LogP contribution in [0, 0.1) is 17.0 Å². The maximum absolute atomic E-state index is 11.6. The lowest BCUT2D eigenvalue weighted by molar-refractivity contribution is -0.383. The van der Waals surface area contributed by atoms with Gasteiger partial charge in [-0.1, -0.05) is 30.3 Å². The summed E-state index contributed by atoms with van der Waals surface area (Å²) in [7, 11) is 0. The number of nitro groups is 1. The van der Waals surface area contributed by atoms with Crippen LogP contribution in [0.5, 0.6) is 0 Å². The van der Waals surface area contributed by atoms with Crippen LogP contribution in [0.1, 0.15) is 5.56 Å². The molecule has 0 bridgehead atoms. The molecule has 0 radical (unpaired) electrons. The van der Waals surface area contributed by atoms with Crippen LogP contribution in [0.25, 0.3) is 0 Å². The predicted molar refractivity (Wildman–Crippen MR) is 101 cm³/mol. The minimum absolute atomic E-state index is 0.114. The van der Waals surface area contributed by atoms with Crippen molar-refractivity contribution in [1.82, 2.24) is 9.97 Å². The lowest BCUT2D eigenvalue weighted by atomic mass is 10.2. The summed E-state index contributed by atoms with van der Waals surface area (Å²) in [5.41, 5.74) is 2.15. The first-order valence-electron chi connectivity index (χ1n) is 7.40. The van der Waals surface area contributed by atoms with Crippen LogP contribution in [-0.2, 0) is 0 Å². The molecule has 2 aromatic carbocycles. The van der Waals surface area contributed by atoms with Gasteiger partial charge < -0.3 is 10.6 Å². The first-order valence-corrected chi connectivity index (χ1v) is 8.19. The number of aryl methyl sites for hydroxylation is 1. The molecule has 0 aliphatic rings. The van der Waals surface area contributed by atoms with E-state index in [2.05, 4.69) is 36.5 Å². The van der Waals surface area contributed by atoms with E-state index in [9.17, 15) is 10.1 Å². The maximum Gasteiger partial charge on any atom is 0.353 e. The molecule has 3 aromatic rings. The molecule has 0 unspecified atom stereocenters. The van der Waals surface area contributed by atoms with Crippen molar-refractivity contribution in [1.29, 1.82) is 0 Å². The number of aromatic nitrogens is 2. The van der Waals surface area contributed by atoms with Crippen molar-refractivity contribution >= 4 is 44.6 Å². The van der Waals surface area contributed by atoms with Gasteiger partial charge in [0.2, 0.25) is 11.6 Å². The fourth-order valence-electron chi connectivity index (χ4n) is 2.27. The molecule has 0 fully saturated rings. The normalized spacial score (nSPS) is 10.3. The molecule has 0 aliphatic carbocycles. The molecule has 7 nitrogen and oxygen atoms in total. The molecule has 0 aliphatic heterocycles. The van der Waals surface area contributed by atoms with Gasteiger partial charge in [-0.2, -0.15) is 0 Å². The highest BCUT2D eigenvalue weighted by Gasteiger charge is 2.24. The molecule has 0 saturated heterocycles. The molecule has 126 valence electrons. The summed E-state index contributed by atoms with van der Waals surface area (Å²) in [5.74, 6) is 0.242. The molecule has 8 heteroatoms. The van der Waals surface area contributed by atoms with Gasteiger partial charge in [0.25, 0.3) is 0 Å². The van der Waals surface area contributed by atoms with Crippen molar-refractivity contribution in [3.05, 3.63) is 75.0 Å². The van der Waals surface area contributed by atoms with Crippen molar-refractivity contribution in [2.75, 3.05) is 10.6 Å². The molecular weight excluding hydrogens is 386 g/mol. The largest absolute Gasteiger partial charge is 0.353 e. The summed E-state index contributed by atoms with van der Waals surface area (Å²) >= 11 is 3.41. The molecule has 3 rings (SSSR count). The van der Waals surface area contributed by atoms with Crippen molar-refractivity contribution in [2.45, 2.75) is 6.92 Å². The number of hydrogen-bond donors (Lipinski definition) is 2. The average molecular weight is 400 g/mol. The van der Waals surface area contributed by atoms with Gasteiger partial charge in [-0.15, -0.1) is 0 Å². The number of nitrogens with zero attached hydrogens (tertiary/aromatic N) is 3. The Kier molecular flexibility index (Phi) is 4.90. The van der Waals surface area contributed by atoms with Gasteiger partial charge in [-0.05, 0) is 46.6 Å².